The monoisotopic (exact) mass is 464 g/mol. The molecule has 0 bridgehead atoms. The van der Waals surface area contributed by atoms with Gasteiger partial charge in [-0.2, -0.15) is 4.31 Å². The van der Waals surface area contributed by atoms with Crippen LogP contribution in [-0.4, -0.2) is 55.4 Å². The Morgan fingerprint density at radius 3 is 2.34 bits per heavy atom. The van der Waals surface area contributed by atoms with Crippen molar-refractivity contribution in [2.75, 3.05) is 19.7 Å². The third-order valence-corrected chi connectivity index (χ3v) is 7.61. The minimum Gasteiger partial charge on any atom is -0.494 e. The number of Topliss-reactive ketones (excluding diaryl/α,β-unsaturated/α-hetero) is 1. The van der Waals surface area contributed by atoms with E-state index in [4.69, 9.17) is 14.0 Å². The predicted molar refractivity (Wildman–Crippen MR) is 115 cm³/mol. The van der Waals surface area contributed by atoms with Gasteiger partial charge in [-0.15, -0.1) is 0 Å². The molecule has 1 saturated heterocycles. The summed E-state index contributed by atoms with van der Waals surface area (Å²) >= 11 is 0. The van der Waals surface area contributed by atoms with Crippen LogP contribution in [0.2, 0.25) is 0 Å². The zero-order valence-corrected chi connectivity index (χ0v) is 19.5. The van der Waals surface area contributed by atoms with Crippen LogP contribution in [0.1, 0.15) is 48.5 Å². The molecule has 10 heteroatoms. The molecule has 0 radical (unpaired) electrons. The van der Waals surface area contributed by atoms with Crippen LogP contribution in [0.5, 0.6) is 5.75 Å². The van der Waals surface area contributed by atoms with Crippen LogP contribution in [0.15, 0.2) is 33.7 Å². The Morgan fingerprint density at radius 1 is 1.19 bits per heavy atom. The Morgan fingerprint density at radius 2 is 1.81 bits per heavy atom. The zero-order chi connectivity index (χ0) is 23.5. The fraction of sp³-hybridized carbons (Fsp3) is 0.500. The third kappa shape index (κ3) is 5.02. The van der Waals surface area contributed by atoms with Gasteiger partial charge < -0.3 is 14.0 Å². The highest BCUT2D eigenvalue weighted by atomic mass is 32.2. The summed E-state index contributed by atoms with van der Waals surface area (Å²) in [6.45, 7) is 7.42. The highest BCUT2D eigenvalue weighted by Gasteiger charge is 2.36. The molecule has 0 amide bonds. The van der Waals surface area contributed by atoms with Gasteiger partial charge in [0.1, 0.15) is 16.3 Å². The van der Waals surface area contributed by atoms with Gasteiger partial charge in [0.05, 0.1) is 12.5 Å². The Kier molecular flexibility index (Phi) is 7.35. The zero-order valence-electron chi connectivity index (χ0n) is 18.7. The van der Waals surface area contributed by atoms with Gasteiger partial charge in [0.2, 0.25) is 15.8 Å². The van der Waals surface area contributed by atoms with E-state index in [0.29, 0.717) is 36.5 Å². The molecule has 1 aromatic carbocycles. The summed E-state index contributed by atoms with van der Waals surface area (Å²) < 4.78 is 42.9. The summed E-state index contributed by atoms with van der Waals surface area (Å²) in [5.41, 5.74) is 0.736. The number of nitrogens with zero attached hydrogens (tertiary/aromatic N) is 2. The number of carbonyl (C=O) groups excluding carboxylic acids is 2. The van der Waals surface area contributed by atoms with E-state index in [1.165, 1.54) is 11.2 Å². The van der Waals surface area contributed by atoms with Gasteiger partial charge in [-0.05, 0) is 64.8 Å². The number of rotatable bonds is 8. The number of piperidine rings is 1. The number of esters is 1. The van der Waals surface area contributed by atoms with Gasteiger partial charge in [-0.3, -0.25) is 9.59 Å². The maximum absolute atomic E-state index is 12.9. The third-order valence-electron chi connectivity index (χ3n) is 5.46. The van der Waals surface area contributed by atoms with Crippen LogP contribution >= 0.6 is 0 Å². The second-order valence-electron chi connectivity index (χ2n) is 7.73. The first-order valence-corrected chi connectivity index (χ1v) is 12.0. The minimum atomic E-state index is -3.75. The average Bonchev–Trinajstić information content (AvgIpc) is 3.12. The standard InChI is InChI=1S/C22H28N2O7S/c1-5-29-19-8-6-17(7-9-19)20(25)15(3)30-22(26)18-10-12-24(13-11-18)32(27,28)21-14(2)23-31-16(21)4/h6-9,15,18H,5,10-13H2,1-4H3/t15-/m0/s1. The van der Waals surface area contributed by atoms with Gasteiger partial charge in [0, 0.05) is 18.7 Å². The molecule has 2 aromatic rings. The molecule has 0 saturated carbocycles. The molecule has 3 rings (SSSR count). The summed E-state index contributed by atoms with van der Waals surface area (Å²) in [5.74, 6) is -0.370. The van der Waals surface area contributed by atoms with Crippen molar-refractivity contribution in [2.45, 2.75) is 51.5 Å². The smallest absolute Gasteiger partial charge is 0.309 e. The molecule has 1 fully saturated rings. The molecule has 1 atom stereocenters. The Balaban J connectivity index is 1.56. The maximum Gasteiger partial charge on any atom is 0.309 e. The molecule has 0 unspecified atom stereocenters. The topological polar surface area (TPSA) is 116 Å². The number of carbonyl (C=O) groups is 2. The van der Waals surface area contributed by atoms with Gasteiger partial charge in [0.15, 0.2) is 11.9 Å². The van der Waals surface area contributed by atoms with Gasteiger partial charge in [-0.1, -0.05) is 5.16 Å². The molecule has 32 heavy (non-hydrogen) atoms. The fourth-order valence-corrected chi connectivity index (χ4v) is 5.51. The number of hydrogen-bond acceptors (Lipinski definition) is 8. The minimum absolute atomic E-state index is 0.0769. The number of benzene rings is 1. The highest BCUT2D eigenvalue weighted by Crippen LogP contribution is 2.28. The molecule has 174 valence electrons. The van der Waals surface area contributed by atoms with E-state index in [0.717, 1.165) is 0 Å². The van der Waals surface area contributed by atoms with Crippen LogP contribution in [0, 0.1) is 19.8 Å². The number of ketones is 1. The van der Waals surface area contributed by atoms with Crippen LogP contribution in [-0.2, 0) is 19.6 Å². The molecule has 1 aliphatic rings. The Bertz CT molecular complexity index is 1050. The van der Waals surface area contributed by atoms with E-state index >= 15 is 0 Å². The SMILES string of the molecule is CCOc1ccc(C(=O)[C@H](C)OC(=O)C2CCN(S(=O)(=O)c3c(C)noc3C)CC2)cc1. The van der Waals surface area contributed by atoms with Crippen LogP contribution in [0.25, 0.3) is 0 Å². The van der Waals surface area contributed by atoms with Crippen molar-refractivity contribution in [3.8, 4) is 5.75 Å². The van der Waals surface area contributed by atoms with Crippen LogP contribution in [0.4, 0.5) is 0 Å². The van der Waals surface area contributed by atoms with Crippen molar-refractivity contribution in [1.29, 1.82) is 0 Å². The molecular formula is C22H28N2O7S. The molecular weight excluding hydrogens is 436 g/mol. The second-order valence-corrected chi connectivity index (χ2v) is 9.61. The van der Waals surface area contributed by atoms with Crippen molar-refractivity contribution in [3.05, 3.63) is 41.3 Å². The molecule has 2 heterocycles. The van der Waals surface area contributed by atoms with Crippen LogP contribution in [0.3, 0.4) is 0 Å². The van der Waals surface area contributed by atoms with E-state index in [9.17, 15) is 18.0 Å². The number of hydrogen-bond donors (Lipinski definition) is 0. The van der Waals surface area contributed by atoms with Crippen molar-refractivity contribution >= 4 is 21.8 Å². The average molecular weight is 465 g/mol. The summed E-state index contributed by atoms with van der Waals surface area (Å²) in [6.07, 6.45) is -0.318. The normalized spacial score (nSPS) is 16.5. The molecule has 1 aliphatic heterocycles. The maximum atomic E-state index is 12.9. The lowest BCUT2D eigenvalue weighted by atomic mass is 9.98. The number of ether oxygens (including phenoxy) is 2. The molecule has 0 N–H and O–H groups in total. The van der Waals surface area contributed by atoms with E-state index in [1.54, 1.807) is 38.1 Å². The van der Waals surface area contributed by atoms with E-state index in [-0.39, 0.29) is 29.5 Å². The Hall–Kier alpha value is -2.72. The van der Waals surface area contributed by atoms with Gasteiger partial charge in [-0.25, -0.2) is 8.42 Å². The molecule has 0 aliphatic carbocycles. The van der Waals surface area contributed by atoms with Gasteiger partial charge >= 0.3 is 5.97 Å². The van der Waals surface area contributed by atoms with Crippen molar-refractivity contribution in [3.63, 3.8) is 0 Å². The predicted octanol–water partition coefficient (Wildman–Crippen LogP) is 2.91. The quantitative estimate of drug-likeness (QED) is 0.432. The summed E-state index contributed by atoms with van der Waals surface area (Å²) in [7, 11) is -3.75. The van der Waals surface area contributed by atoms with Crippen molar-refractivity contribution in [2.24, 2.45) is 5.92 Å². The first-order valence-electron chi connectivity index (χ1n) is 10.6. The number of aryl methyl sites for hydroxylation is 2. The largest absolute Gasteiger partial charge is 0.494 e. The number of sulfonamides is 1. The lowest BCUT2D eigenvalue weighted by Gasteiger charge is -2.30. The Labute approximate surface area is 187 Å². The lowest BCUT2D eigenvalue weighted by Crippen LogP contribution is -2.41. The van der Waals surface area contributed by atoms with Crippen molar-refractivity contribution < 1.29 is 32.0 Å². The highest BCUT2D eigenvalue weighted by molar-refractivity contribution is 7.89. The summed E-state index contributed by atoms with van der Waals surface area (Å²) in [4.78, 5) is 25.3. The van der Waals surface area contributed by atoms with E-state index in [2.05, 4.69) is 5.16 Å². The molecule has 0 spiro atoms. The first-order chi connectivity index (χ1) is 15.1. The fourth-order valence-electron chi connectivity index (χ4n) is 3.74. The van der Waals surface area contributed by atoms with E-state index < -0.39 is 28.0 Å². The molecule has 9 nitrogen and oxygen atoms in total. The number of aromatic nitrogens is 1. The van der Waals surface area contributed by atoms with Gasteiger partial charge in [0.25, 0.3) is 0 Å². The first kappa shape index (κ1) is 23.9. The van der Waals surface area contributed by atoms with E-state index in [1.807, 2.05) is 6.92 Å². The van der Waals surface area contributed by atoms with Crippen molar-refractivity contribution in [1.82, 2.24) is 9.46 Å². The summed E-state index contributed by atoms with van der Waals surface area (Å²) in [5, 5.41) is 3.71. The summed E-state index contributed by atoms with van der Waals surface area (Å²) in [6, 6.07) is 6.66. The molecule has 1 aromatic heterocycles. The second kappa shape index (κ2) is 9.83. The lowest BCUT2D eigenvalue weighted by molar-refractivity contribution is -0.152. The van der Waals surface area contributed by atoms with Crippen LogP contribution < -0.4 is 4.74 Å².